The average Bonchev–Trinajstić information content (AvgIpc) is 3.13. The van der Waals surface area contributed by atoms with Crippen LogP contribution >= 0.6 is 0 Å². The van der Waals surface area contributed by atoms with Crippen molar-refractivity contribution in [3.8, 4) is 17.2 Å². The monoisotopic (exact) mass is 815 g/mol. The molecule has 0 bridgehead atoms. The minimum atomic E-state index is -4.98. The van der Waals surface area contributed by atoms with Crippen LogP contribution in [0.25, 0.3) is 32.3 Å². The zero-order chi connectivity index (χ0) is 40.2. The largest absolute Gasteiger partial charge is 0.507 e. The van der Waals surface area contributed by atoms with Crippen molar-refractivity contribution in [2.24, 2.45) is 20.5 Å². The van der Waals surface area contributed by atoms with E-state index in [-0.39, 0.29) is 38.7 Å². The summed E-state index contributed by atoms with van der Waals surface area (Å²) in [4.78, 5) is -1.94. The van der Waals surface area contributed by atoms with Gasteiger partial charge in [0, 0.05) is 33.6 Å². The highest BCUT2D eigenvalue weighted by molar-refractivity contribution is 7.86. The minimum Gasteiger partial charge on any atom is -0.507 e. The maximum absolute atomic E-state index is 12.5. The Labute approximate surface area is 316 Å². The van der Waals surface area contributed by atoms with Crippen molar-refractivity contribution in [3.05, 3.63) is 109 Å². The van der Waals surface area contributed by atoms with Crippen molar-refractivity contribution in [2.75, 3.05) is 5.32 Å². The average molecular weight is 816 g/mol. The first-order valence-corrected chi connectivity index (χ1v) is 20.1. The maximum atomic E-state index is 12.5. The van der Waals surface area contributed by atoms with E-state index in [4.69, 9.17) is 0 Å². The lowest BCUT2D eigenvalue weighted by molar-refractivity contribution is 0.471. The number of rotatable bonds is 9. The molecule has 20 heteroatoms. The van der Waals surface area contributed by atoms with E-state index in [0.717, 1.165) is 18.2 Å². The van der Waals surface area contributed by atoms with Gasteiger partial charge in [0.25, 0.3) is 30.4 Å². The van der Waals surface area contributed by atoms with Gasteiger partial charge in [-0.3, -0.25) is 13.7 Å². The number of nitrogens with one attached hydrogen (secondary N) is 1. The van der Waals surface area contributed by atoms with Crippen LogP contribution in [0.3, 0.4) is 0 Å². The topological polar surface area (TPSA) is 285 Å². The number of azo groups is 2. The van der Waals surface area contributed by atoms with E-state index in [0.29, 0.717) is 22.1 Å². The fraction of sp³-hybridized carbons (Fsp3) is 0. The van der Waals surface area contributed by atoms with E-state index in [1.165, 1.54) is 66.7 Å². The molecular weight excluding hydrogens is 791 g/mol. The van der Waals surface area contributed by atoms with Crippen molar-refractivity contribution in [1.82, 2.24) is 0 Å². The van der Waals surface area contributed by atoms with Crippen LogP contribution in [0.15, 0.2) is 144 Å². The molecule has 17 nitrogen and oxygen atoms in total. The van der Waals surface area contributed by atoms with Crippen molar-refractivity contribution >= 4 is 96.8 Å². The smallest absolute Gasteiger partial charge is 0.296 e. The van der Waals surface area contributed by atoms with Gasteiger partial charge >= 0.3 is 0 Å². The van der Waals surface area contributed by atoms with Crippen LogP contribution in [0, 0.1) is 0 Å². The third-order valence-electron chi connectivity index (χ3n) is 8.44. The molecule has 0 aromatic heterocycles. The molecule has 0 heterocycles. The van der Waals surface area contributed by atoms with Crippen LogP contribution in [0.1, 0.15) is 0 Å². The number of anilines is 2. The van der Waals surface area contributed by atoms with Gasteiger partial charge < -0.3 is 20.6 Å². The molecule has 0 aliphatic carbocycles. The maximum Gasteiger partial charge on any atom is 0.296 e. The van der Waals surface area contributed by atoms with E-state index < -0.39 is 67.9 Å². The second kappa shape index (κ2) is 13.9. The van der Waals surface area contributed by atoms with Crippen LogP contribution in [-0.2, 0) is 30.4 Å². The fourth-order valence-electron chi connectivity index (χ4n) is 5.83. The van der Waals surface area contributed by atoms with E-state index in [1.807, 2.05) is 0 Å². The lowest BCUT2D eigenvalue weighted by Gasteiger charge is -2.12. The van der Waals surface area contributed by atoms with Gasteiger partial charge in [-0.2, -0.15) is 35.5 Å². The van der Waals surface area contributed by atoms with Gasteiger partial charge in [0.05, 0.1) is 16.3 Å². The third kappa shape index (κ3) is 7.55. The lowest BCUT2D eigenvalue weighted by Crippen LogP contribution is -1.99. The Balaban J connectivity index is 1.17. The lowest BCUT2D eigenvalue weighted by atomic mass is 10.1. The molecule has 0 fully saturated rings. The van der Waals surface area contributed by atoms with Crippen LogP contribution in [-0.4, -0.2) is 54.2 Å². The number of phenols is 3. The van der Waals surface area contributed by atoms with Crippen LogP contribution in [0.4, 0.5) is 34.1 Å². The van der Waals surface area contributed by atoms with E-state index >= 15 is 0 Å². The molecule has 284 valence electrons. The number of hydrogen-bond acceptors (Lipinski definition) is 14. The summed E-state index contributed by atoms with van der Waals surface area (Å²) in [5.41, 5.74) is 0.00918. The van der Waals surface area contributed by atoms with Gasteiger partial charge in [-0.05, 0) is 95.0 Å². The van der Waals surface area contributed by atoms with Crippen molar-refractivity contribution in [2.45, 2.75) is 14.7 Å². The Morgan fingerprint density at radius 1 is 0.446 bits per heavy atom. The molecule has 0 spiro atoms. The second-order valence-corrected chi connectivity index (χ2v) is 16.3. The highest BCUT2D eigenvalue weighted by Gasteiger charge is 2.24. The summed E-state index contributed by atoms with van der Waals surface area (Å²) >= 11 is 0. The number of nitrogens with zero attached hydrogens (tertiary/aromatic N) is 4. The standard InChI is InChI=1S/C36H25N5O12S3/c42-30-18-26(54(45,46)47)15-20-13-24(9-11-27(20)30)37-25-10-12-29-21(14-25)17-32(56(51,52)53)34(36(29)44)41-39-23-7-5-22(6-8-23)38-40-33-31(55(48,49)50)16-19-3-1-2-4-28(19)35(33)43/h1-18,37,42-44H,(H,45,46,47)(H,48,49,50)(H,51,52,53). The molecule has 7 rings (SSSR count). The summed E-state index contributed by atoms with van der Waals surface area (Å²) < 4.78 is 102. The summed E-state index contributed by atoms with van der Waals surface area (Å²) in [7, 11) is -14.4. The molecule has 0 saturated heterocycles. The summed E-state index contributed by atoms with van der Waals surface area (Å²) in [6.45, 7) is 0. The Hall–Kier alpha value is -6.55. The summed E-state index contributed by atoms with van der Waals surface area (Å²) in [5, 5.41) is 52.3. The molecule has 7 aromatic rings. The predicted molar refractivity (Wildman–Crippen MR) is 204 cm³/mol. The molecule has 0 saturated carbocycles. The number of phenolic OH excluding ortho intramolecular Hbond substituents is 3. The Bertz CT molecular complexity index is 3170. The first kappa shape index (κ1) is 37.8. The molecular formula is C36H25N5O12S3. The number of hydrogen-bond donors (Lipinski definition) is 7. The molecule has 0 aliphatic rings. The van der Waals surface area contributed by atoms with Crippen LogP contribution in [0.5, 0.6) is 17.2 Å². The summed E-state index contributed by atoms with van der Waals surface area (Å²) in [5.74, 6) is -1.52. The molecule has 0 radical (unpaired) electrons. The van der Waals surface area contributed by atoms with Crippen LogP contribution < -0.4 is 5.32 Å². The fourth-order valence-corrected chi connectivity index (χ4v) is 7.68. The van der Waals surface area contributed by atoms with Crippen molar-refractivity contribution in [1.29, 1.82) is 0 Å². The molecule has 56 heavy (non-hydrogen) atoms. The Kier molecular flexibility index (Phi) is 9.40. The SMILES string of the molecule is O=S(=O)(O)c1cc(O)c2ccc(Nc3ccc4c(O)c(N=Nc5ccc(N=Nc6c(S(=O)(=O)O)cc7ccccc7c6O)cc5)c(S(=O)(=O)O)cc4c3)cc2c1. The summed E-state index contributed by atoms with van der Waals surface area (Å²) in [6, 6.07) is 25.2. The van der Waals surface area contributed by atoms with E-state index in [2.05, 4.69) is 25.8 Å². The third-order valence-corrected chi connectivity index (χ3v) is 11.0. The van der Waals surface area contributed by atoms with Crippen molar-refractivity contribution < 1.29 is 54.2 Å². The van der Waals surface area contributed by atoms with Gasteiger partial charge in [-0.25, -0.2) is 0 Å². The van der Waals surface area contributed by atoms with Gasteiger partial charge in [-0.1, -0.05) is 24.3 Å². The Morgan fingerprint density at radius 3 is 1.43 bits per heavy atom. The zero-order valence-corrected chi connectivity index (χ0v) is 30.5. The number of aromatic hydroxyl groups is 3. The van der Waals surface area contributed by atoms with E-state index in [1.54, 1.807) is 24.3 Å². The number of fused-ring (bicyclic) bond motifs is 3. The van der Waals surface area contributed by atoms with Crippen molar-refractivity contribution in [3.63, 3.8) is 0 Å². The zero-order valence-electron chi connectivity index (χ0n) is 28.0. The van der Waals surface area contributed by atoms with Gasteiger partial charge in [0.2, 0.25) is 0 Å². The molecule has 0 atom stereocenters. The van der Waals surface area contributed by atoms with Crippen LogP contribution in [0.2, 0.25) is 0 Å². The first-order valence-electron chi connectivity index (χ1n) is 15.8. The minimum absolute atomic E-state index is 0.129. The van der Waals surface area contributed by atoms with Gasteiger partial charge in [0.1, 0.15) is 26.9 Å². The molecule has 0 amide bonds. The van der Waals surface area contributed by atoms with E-state index in [9.17, 15) is 54.2 Å². The molecule has 0 aliphatic heterocycles. The Morgan fingerprint density at radius 2 is 0.911 bits per heavy atom. The highest BCUT2D eigenvalue weighted by Crippen LogP contribution is 2.44. The molecule has 7 N–H and O–H groups in total. The van der Waals surface area contributed by atoms with Gasteiger partial charge in [0.15, 0.2) is 11.5 Å². The molecule has 7 aromatic carbocycles. The number of benzene rings is 7. The normalized spacial score (nSPS) is 12.7. The highest BCUT2D eigenvalue weighted by atomic mass is 32.2. The second-order valence-electron chi connectivity index (χ2n) is 12.1. The van der Waals surface area contributed by atoms with Gasteiger partial charge in [-0.15, -0.1) is 10.2 Å². The quantitative estimate of drug-likeness (QED) is 0.0531. The summed E-state index contributed by atoms with van der Waals surface area (Å²) in [6.07, 6.45) is 0. The molecule has 0 unspecified atom stereocenters. The predicted octanol–water partition coefficient (Wildman–Crippen LogP) is 8.58. The first-order chi connectivity index (χ1) is 26.4.